The molecule has 0 spiro atoms. The van der Waals surface area contributed by atoms with E-state index in [4.69, 9.17) is 4.74 Å². The summed E-state index contributed by atoms with van der Waals surface area (Å²) in [6.45, 7) is 4.69. The lowest BCUT2D eigenvalue weighted by molar-refractivity contribution is 0.159. The molecular formula is C14H21FN2O. The van der Waals surface area contributed by atoms with Gasteiger partial charge in [-0.3, -0.25) is 4.90 Å². The quantitative estimate of drug-likeness (QED) is 0.833. The Balaban J connectivity index is 1.72. The molecule has 0 amide bonds. The first kappa shape index (κ1) is 13.5. The maximum absolute atomic E-state index is 13.0. The van der Waals surface area contributed by atoms with Crippen molar-refractivity contribution in [2.75, 3.05) is 33.4 Å². The highest BCUT2D eigenvalue weighted by atomic mass is 19.1. The number of nitrogens with zero attached hydrogens (tertiary/aromatic N) is 1. The summed E-state index contributed by atoms with van der Waals surface area (Å²) in [6.07, 6.45) is 1.15. The molecule has 100 valence electrons. The average molecular weight is 252 g/mol. The molecule has 1 aromatic carbocycles. The second-order valence-electron chi connectivity index (χ2n) is 4.79. The van der Waals surface area contributed by atoms with Gasteiger partial charge in [-0.2, -0.15) is 0 Å². The zero-order chi connectivity index (χ0) is 12.8. The molecule has 0 aliphatic carbocycles. The van der Waals surface area contributed by atoms with Gasteiger partial charge in [-0.1, -0.05) is 12.1 Å². The molecule has 0 saturated carbocycles. The van der Waals surface area contributed by atoms with Gasteiger partial charge in [-0.25, -0.2) is 4.39 Å². The molecule has 0 radical (unpaired) electrons. The highest BCUT2D eigenvalue weighted by molar-refractivity contribution is 5.16. The van der Waals surface area contributed by atoms with Gasteiger partial charge >= 0.3 is 0 Å². The van der Waals surface area contributed by atoms with E-state index in [1.54, 1.807) is 19.2 Å². The van der Waals surface area contributed by atoms with E-state index < -0.39 is 0 Å². The molecule has 1 aliphatic rings. The van der Waals surface area contributed by atoms with Crippen molar-refractivity contribution >= 4 is 0 Å². The molecule has 1 heterocycles. The summed E-state index contributed by atoms with van der Waals surface area (Å²) in [5.41, 5.74) is 1.00. The number of nitrogens with one attached hydrogen (secondary N) is 1. The predicted octanol–water partition coefficient (Wildman–Crippen LogP) is 1.64. The first-order valence-corrected chi connectivity index (χ1v) is 6.47. The Labute approximate surface area is 108 Å². The minimum Gasteiger partial charge on any atom is -0.383 e. The normalized spacial score (nSPS) is 20.4. The van der Waals surface area contributed by atoms with E-state index in [0.717, 1.165) is 44.8 Å². The number of benzene rings is 1. The van der Waals surface area contributed by atoms with Crippen LogP contribution in [0.25, 0.3) is 0 Å². The highest BCUT2D eigenvalue weighted by Gasteiger charge is 2.21. The lowest BCUT2D eigenvalue weighted by atomic mass is 10.2. The zero-order valence-corrected chi connectivity index (χ0v) is 10.9. The van der Waals surface area contributed by atoms with Gasteiger partial charge < -0.3 is 10.1 Å². The molecule has 18 heavy (non-hydrogen) atoms. The van der Waals surface area contributed by atoms with Crippen LogP contribution in [0.4, 0.5) is 4.39 Å². The van der Waals surface area contributed by atoms with Crippen LogP contribution in [0.1, 0.15) is 12.0 Å². The van der Waals surface area contributed by atoms with Gasteiger partial charge in [0.25, 0.3) is 0 Å². The van der Waals surface area contributed by atoms with Crippen molar-refractivity contribution in [2.24, 2.45) is 0 Å². The van der Waals surface area contributed by atoms with Crippen molar-refractivity contribution in [3.05, 3.63) is 35.6 Å². The lowest BCUT2D eigenvalue weighted by Gasteiger charge is -2.16. The highest BCUT2D eigenvalue weighted by Crippen LogP contribution is 2.10. The van der Waals surface area contributed by atoms with Crippen LogP contribution < -0.4 is 5.32 Å². The summed E-state index contributed by atoms with van der Waals surface area (Å²) in [6, 6.07) is 7.28. The molecule has 0 aromatic heterocycles. The fraction of sp³-hybridized carbons (Fsp3) is 0.571. The molecule has 1 atom stereocenters. The maximum Gasteiger partial charge on any atom is 0.123 e. The van der Waals surface area contributed by atoms with Crippen LogP contribution in [0.5, 0.6) is 0 Å². The first-order valence-electron chi connectivity index (χ1n) is 6.47. The molecule has 0 bridgehead atoms. The SMILES string of the molecule is COCCN1CCC(NCc2cccc(F)c2)C1. The van der Waals surface area contributed by atoms with Gasteiger partial charge in [-0.15, -0.1) is 0 Å². The third-order valence-electron chi connectivity index (χ3n) is 3.37. The van der Waals surface area contributed by atoms with Crippen molar-refractivity contribution < 1.29 is 9.13 Å². The fourth-order valence-electron chi connectivity index (χ4n) is 2.33. The van der Waals surface area contributed by atoms with Crippen LogP contribution in [-0.2, 0) is 11.3 Å². The van der Waals surface area contributed by atoms with Gasteiger partial charge in [-0.05, 0) is 30.7 Å². The Kier molecular flexibility index (Phi) is 5.11. The summed E-state index contributed by atoms with van der Waals surface area (Å²) in [5.74, 6) is -0.164. The topological polar surface area (TPSA) is 24.5 Å². The Bertz CT molecular complexity index is 373. The van der Waals surface area contributed by atoms with Crippen LogP contribution >= 0.6 is 0 Å². The number of likely N-dealkylation sites (tertiary alicyclic amines) is 1. The summed E-state index contributed by atoms with van der Waals surface area (Å²) in [4.78, 5) is 2.40. The number of rotatable bonds is 6. The van der Waals surface area contributed by atoms with Gasteiger partial charge in [0.1, 0.15) is 5.82 Å². The lowest BCUT2D eigenvalue weighted by Crippen LogP contribution is -2.33. The number of halogens is 1. The van der Waals surface area contributed by atoms with Gasteiger partial charge in [0.05, 0.1) is 6.61 Å². The molecule has 1 unspecified atom stereocenters. The first-order chi connectivity index (χ1) is 8.78. The largest absolute Gasteiger partial charge is 0.383 e. The van der Waals surface area contributed by atoms with Gasteiger partial charge in [0.15, 0.2) is 0 Å². The van der Waals surface area contributed by atoms with Crippen molar-refractivity contribution in [1.29, 1.82) is 0 Å². The maximum atomic E-state index is 13.0. The van der Waals surface area contributed by atoms with Crippen LogP contribution in [0, 0.1) is 5.82 Å². The van der Waals surface area contributed by atoms with Crippen LogP contribution in [-0.4, -0.2) is 44.3 Å². The average Bonchev–Trinajstić information content (AvgIpc) is 2.82. The second kappa shape index (κ2) is 6.83. The number of hydrogen-bond donors (Lipinski definition) is 1. The molecule has 3 nitrogen and oxygen atoms in total. The summed E-state index contributed by atoms with van der Waals surface area (Å²) >= 11 is 0. The van der Waals surface area contributed by atoms with Crippen molar-refractivity contribution in [3.8, 4) is 0 Å². The van der Waals surface area contributed by atoms with Crippen LogP contribution in [0.2, 0.25) is 0 Å². The van der Waals surface area contributed by atoms with Crippen molar-refractivity contribution in [3.63, 3.8) is 0 Å². The smallest absolute Gasteiger partial charge is 0.123 e. The summed E-state index contributed by atoms with van der Waals surface area (Å²) in [7, 11) is 1.73. The summed E-state index contributed by atoms with van der Waals surface area (Å²) in [5, 5.41) is 3.48. The summed E-state index contributed by atoms with van der Waals surface area (Å²) < 4.78 is 18.1. The Morgan fingerprint density at radius 1 is 1.50 bits per heavy atom. The Morgan fingerprint density at radius 3 is 3.17 bits per heavy atom. The second-order valence-corrected chi connectivity index (χ2v) is 4.79. The van der Waals surface area contributed by atoms with E-state index in [-0.39, 0.29) is 5.82 Å². The number of hydrogen-bond acceptors (Lipinski definition) is 3. The van der Waals surface area contributed by atoms with Crippen molar-refractivity contribution in [1.82, 2.24) is 10.2 Å². The number of ether oxygens (including phenoxy) is 1. The van der Waals surface area contributed by atoms with Crippen LogP contribution in [0.15, 0.2) is 24.3 Å². The zero-order valence-electron chi connectivity index (χ0n) is 10.9. The molecule has 1 N–H and O–H groups in total. The third kappa shape index (κ3) is 4.05. The molecule has 4 heteroatoms. The minimum absolute atomic E-state index is 0.164. The number of methoxy groups -OCH3 is 1. The van der Waals surface area contributed by atoms with E-state index in [2.05, 4.69) is 10.2 Å². The molecule has 2 rings (SSSR count). The van der Waals surface area contributed by atoms with Crippen LogP contribution in [0.3, 0.4) is 0 Å². The van der Waals surface area contributed by atoms with Crippen molar-refractivity contribution in [2.45, 2.75) is 19.0 Å². The standard InChI is InChI=1S/C14H21FN2O/c1-18-8-7-17-6-5-14(11-17)16-10-12-3-2-4-13(15)9-12/h2-4,9,14,16H,5-8,10-11H2,1H3. The van der Waals surface area contributed by atoms with E-state index in [1.807, 2.05) is 6.07 Å². The fourth-order valence-corrected chi connectivity index (χ4v) is 2.33. The monoisotopic (exact) mass is 252 g/mol. The third-order valence-corrected chi connectivity index (χ3v) is 3.37. The minimum atomic E-state index is -0.164. The van der Waals surface area contributed by atoms with E-state index >= 15 is 0 Å². The molecule has 1 saturated heterocycles. The van der Waals surface area contributed by atoms with Gasteiger partial charge in [0.2, 0.25) is 0 Å². The van der Waals surface area contributed by atoms with E-state index in [0.29, 0.717) is 6.04 Å². The Hall–Kier alpha value is -0.970. The van der Waals surface area contributed by atoms with Gasteiger partial charge in [0, 0.05) is 32.8 Å². The molecule has 1 aromatic rings. The molecular weight excluding hydrogens is 231 g/mol. The van der Waals surface area contributed by atoms with E-state index in [1.165, 1.54) is 6.07 Å². The molecule has 1 fully saturated rings. The van der Waals surface area contributed by atoms with E-state index in [9.17, 15) is 4.39 Å². The predicted molar refractivity (Wildman–Crippen MR) is 70.0 cm³/mol. The Morgan fingerprint density at radius 2 is 2.39 bits per heavy atom. The molecule has 1 aliphatic heterocycles.